The number of rotatable bonds is 4. The maximum absolute atomic E-state index is 8.98. The van der Waals surface area contributed by atoms with Crippen molar-refractivity contribution in [3.63, 3.8) is 0 Å². The zero-order valence-corrected chi connectivity index (χ0v) is 12.7. The molecule has 0 bridgehead atoms. The second-order valence-corrected chi connectivity index (χ2v) is 4.06. The summed E-state index contributed by atoms with van der Waals surface area (Å²) >= 11 is 0. The first kappa shape index (κ1) is 16.6. The first-order valence-corrected chi connectivity index (χ1v) is 5.99. The molecule has 0 aliphatic carbocycles. The Morgan fingerprint density at radius 3 is 2.19 bits per heavy atom. The van der Waals surface area contributed by atoms with Crippen LogP contribution in [0.1, 0.15) is 0 Å². The van der Waals surface area contributed by atoms with E-state index in [2.05, 4.69) is 4.98 Å². The average molecular weight is 307 g/mol. The molecule has 0 aliphatic rings. The van der Waals surface area contributed by atoms with Crippen LogP contribution >= 0.6 is 0 Å². The van der Waals surface area contributed by atoms with E-state index in [1.807, 2.05) is 24.3 Å². The van der Waals surface area contributed by atoms with Crippen LogP contribution in [0.25, 0.3) is 16.1 Å². The minimum atomic E-state index is 0. The van der Waals surface area contributed by atoms with Crippen molar-refractivity contribution in [3.05, 3.63) is 41.4 Å². The van der Waals surface area contributed by atoms with Gasteiger partial charge in [0.15, 0.2) is 4.98 Å². The van der Waals surface area contributed by atoms with Gasteiger partial charge in [0.1, 0.15) is 11.5 Å². The third kappa shape index (κ3) is 3.36. The van der Waals surface area contributed by atoms with Gasteiger partial charge in [-0.15, -0.1) is 0 Å². The van der Waals surface area contributed by atoms with E-state index >= 15 is 0 Å². The van der Waals surface area contributed by atoms with Crippen LogP contribution in [0.3, 0.4) is 0 Å². The second-order valence-electron chi connectivity index (χ2n) is 4.06. The lowest BCUT2D eigenvalue weighted by Gasteiger charge is -2.10. The topological polar surface area (TPSA) is 55.8 Å². The Bertz CT molecular complexity index is 668. The highest BCUT2D eigenvalue weighted by Gasteiger charge is 2.20. The quantitative estimate of drug-likeness (QED) is 0.787. The molecule has 2 aromatic rings. The molecule has 5 nitrogen and oxygen atoms in total. The number of benzene rings is 2. The first-order chi connectivity index (χ1) is 9.73. The smallest absolute Gasteiger partial charge is 0.430 e. The molecular formula is C15H15ClN2O3. The van der Waals surface area contributed by atoms with Gasteiger partial charge >= 0.3 is 5.69 Å². The largest absolute Gasteiger partial charge is 1.00 e. The third-order valence-corrected chi connectivity index (χ3v) is 2.99. The molecule has 0 fully saturated rings. The summed E-state index contributed by atoms with van der Waals surface area (Å²) in [6.07, 6.45) is 0. The van der Waals surface area contributed by atoms with E-state index in [9.17, 15) is 0 Å². The Labute approximate surface area is 129 Å². The molecule has 2 rings (SSSR count). The first-order valence-electron chi connectivity index (χ1n) is 5.99. The fourth-order valence-electron chi connectivity index (χ4n) is 1.98. The Balaban J connectivity index is 0.00000220. The van der Waals surface area contributed by atoms with Gasteiger partial charge in [0.25, 0.3) is 0 Å². The van der Waals surface area contributed by atoms with Crippen LogP contribution in [0.2, 0.25) is 0 Å². The van der Waals surface area contributed by atoms with Crippen LogP contribution in [0.5, 0.6) is 17.2 Å². The Morgan fingerprint density at radius 2 is 1.62 bits per heavy atom. The third-order valence-electron chi connectivity index (χ3n) is 2.99. The molecule has 0 saturated heterocycles. The molecule has 0 radical (unpaired) electrons. The van der Waals surface area contributed by atoms with Crippen LogP contribution in [0.15, 0.2) is 36.4 Å². The molecule has 21 heavy (non-hydrogen) atoms. The lowest BCUT2D eigenvalue weighted by molar-refractivity contribution is -0.00000516. The molecule has 0 atom stereocenters. The monoisotopic (exact) mass is 306 g/mol. The number of nitrogens with zero attached hydrogens (tertiary/aromatic N) is 2. The lowest BCUT2D eigenvalue weighted by Crippen LogP contribution is -3.00. The summed E-state index contributed by atoms with van der Waals surface area (Å²) in [6, 6.07) is 11.0. The maximum atomic E-state index is 8.98. The number of diazo groups is 1. The SMILES string of the molecule is COc1cccc(-c2cc(OC)c([N+]#N)cc2OC)c1.[Cl-]. The molecule has 0 spiro atoms. The predicted molar refractivity (Wildman–Crippen MR) is 76.3 cm³/mol. The number of hydrogen-bond donors (Lipinski definition) is 0. The zero-order valence-electron chi connectivity index (χ0n) is 12.0. The van der Waals surface area contributed by atoms with Gasteiger partial charge in [-0.3, -0.25) is 0 Å². The number of hydrogen-bond acceptors (Lipinski definition) is 4. The highest BCUT2D eigenvalue weighted by atomic mass is 35.5. The summed E-state index contributed by atoms with van der Waals surface area (Å²) in [5.41, 5.74) is 2.07. The second kappa shape index (κ2) is 7.36. The summed E-state index contributed by atoms with van der Waals surface area (Å²) in [4.78, 5) is 3.19. The fourth-order valence-corrected chi connectivity index (χ4v) is 1.98. The highest BCUT2D eigenvalue weighted by Crippen LogP contribution is 2.40. The van der Waals surface area contributed by atoms with Crippen LogP contribution in [0, 0.1) is 5.39 Å². The van der Waals surface area contributed by atoms with Crippen LogP contribution in [-0.2, 0) is 0 Å². The minimum absolute atomic E-state index is 0. The average Bonchev–Trinajstić information content (AvgIpc) is 2.53. The highest BCUT2D eigenvalue weighted by molar-refractivity contribution is 5.78. The van der Waals surface area contributed by atoms with Gasteiger partial charge < -0.3 is 26.6 Å². The molecule has 6 heteroatoms. The van der Waals surface area contributed by atoms with Crippen LogP contribution in [0.4, 0.5) is 5.69 Å². The van der Waals surface area contributed by atoms with Gasteiger partial charge in [0.05, 0.1) is 27.4 Å². The van der Waals surface area contributed by atoms with E-state index < -0.39 is 0 Å². The van der Waals surface area contributed by atoms with Crippen LogP contribution < -0.4 is 26.6 Å². The van der Waals surface area contributed by atoms with Gasteiger partial charge in [0, 0.05) is 11.6 Å². The molecule has 0 heterocycles. The van der Waals surface area contributed by atoms with Crippen molar-refractivity contribution in [2.24, 2.45) is 0 Å². The van der Waals surface area contributed by atoms with Gasteiger partial charge in [-0.25, -0.2) is 0 Å². The molecule has 0 amide bonds. The maximum Gasteiger partial charge on any atom is 0.430 e. The summed E-state index contributed by atoms with van der Waals surface area (Å²) < 4.78 is 15.8. The molecule has 0 saturated carbocycles. The van der Waals surface area contributed by atoms with Crippen molar-refractivity contribution in [1.29, 1.82) is 5.39 Å². The normalized spacial score (nSPS) is 9.24. The molecule has 0 N–H and O–H groups in total. The van der Waals surface area contributed by atoms with Crippen LogP contribution in [-0.4, -0.2) is 21.3 Å². The Morgan fingerprint density at radius 1 is 0.905 bits per heavy atom. The molecule has 2 aromatic carbocycles. The van der Waals surface area contributed by atoms with Crippen molar-refractivity contribution in [2.75, 3.05) is 21.3 Å². The lowest BCUT2D eigenvalue weighted by atomic mass is 10.0. The van der Waals surface area contributed by atoms with Crippen molar-refractivity contribution >= 4 is 5.69 Å². The van der Waals surface area contributed by atoms with E-state index in [-0.39, 0.29) is 12.4 Å². The van der Waals surface area contributed by atoms with E-state index in [0.29, 0.717) is 17.2 Å². The molecule has 0 aromatic heterocycles. The van der Waals surface area contributed by atoms with E-state index in [1.165, 1.54) is 7.11 Å². The van der Waals surface area contributed by atoms with Crippen molar-refractivity contribution < 1.29 is 26.6 Å². The molecule has 110 valence electrons. The van der Waals surface area contributed by atoms with Crippen molar-refractivity contribution in [3.8, 4) is 28.4 Å². The van der Waals surface area contributed by atoms with E-state index in [0.717, 1.165) is 16.9 Å². The molecular weight excluding hydrogens is 292 g/mol. The van der Waals surface area contributed by atoms with E-state index in [4.69, 9.17) is 19.6 Å². The molecule has 0 aliphatic heterocycles. The Kier molecular flexibility index (Phi) is 5.82. The fraction of sp³-hybridized carbons (Fsp3) is 0.200. The van der Waals surface area contributed by atoms with E-state index in [1.54, 1.807) is 26.4 Å². The summed E-state index contributed by atoms with van der Waals surface area (Å²) in [5, 5.41) is 8.98. The van der Waals surface area contributed by atoms with Gasteiger partial charge in [-0.05, 0) is 17.7 Å². The number of ether oxygens (including phenoxy) is 3. The number of halogens is 1. The predicted octanol–water partition coefficient (Wildman–Crippen LogP) is 0.868. The van der Waals surface area contributed by atoms with Gasteiger partial charge in [-0.2, -0.15) is 0 Å². The van der Waals surface area contributed by atoms with Crippen molar-refractivity contribution in [2.45, 2.75) is 0 Å². The Hall–Kier alpha value is -2.45. The number of methoxy groups -OCH3 is 3. The summed E-state index contributed by atoms with van der Waals surface area (Å²) in [7, 11) is 4.70. The van der Waals surface area contributed by atoms with Crippen molar-refractivity contribution in [1.82, 2.24) is 0 Å². The standard InChI is InChI=1S/C15H15N2O3.ClH/c1-18-11-6-4-5-10(7-11)12-8-15(20-3)13(17-16)9-14(12)19-2;/h4-9H,1-3H3;1H/q+1;/p-1. The van der Waals surface area contributed by atoms with Gasteiger partial charge in [0.2, 0.25) is 11.1 Å². The van der Waals surface area contributed by atoms with Gasteiger partial charge in [-0.1, -0.05) is 12.1 Å². The minimum Gasteiger partial charge on any atom is -1.00 e. The zero-order chi connectivity index (χ0) is 14.5. The summed E-state index contributed by atoms with van der Waals surface area (Å²) in [5.74, 6) is 1.80. The summed E-state index contributed by atoms with van der Waals surface area (Å²) in [6.45, 7) is 0. The molecule has 0 unspecified atom stereocenters.